The van der Waals surface area contributed by atoms with Crippen LogP contribution in [0.2, 0.25) is 18.1 Å². The molecule has 2 nitrogen and oxygen atoms in total. The Hall–Kier alpha value is -0.313. The first-order valence-electron chi connectivity index (χ1n) is 8.92. The molecule has 0 saturated carbocycles. The largest absolute Gasteiger partial charge is 0.519 e. The van der Waals surface area contributed by atoms with Crippen LogP contribution in [0, 0.1) is 0 Å². The molecule has 0 heterocycles. The van der Waals surface area contributed by atoms with Crippen LogP contribution in [0.3, 0.4) is 0 Å². The minimum atomic E-state index is -1.91. The van der Waals surface area contributed by atoms with Gasteiger partial charge in [0.15, 0.2) is 0 Å². The minimum absolute atomic E-state index is 0.0181. The van der Waals surface area contributed by atoms with E-state index in [1.165, 1.54) is 51.4 Å². The Bertz CT molecular complexity index is 279. The lowest BCUT2D eigenvalue weighted by atomic mass is 10.1. The van der Waals surface area contributed by atoms with Gasteiger partial charge in [-0.25, -0.2) is 0 Å². The van der Waals surface area contributed by atoms with Gasteiger partial charge in [-0.15, -0.1) is 0 Å². The summed E-state index contributed by atoms with van der Waals surface area (Å²) in [6.07, 6.45) is 12.1. The second kappa shape index (κ2) is 10.4. The number of carbonyl (C=O) groups is 1. The minimum Gasteiger partial charge on any atom is -0.519 e. The van der Waals surface area contributed by atoms with Gasteiger partial charge in [-0.05, 0) is 24.6 Å². The van der Waals surface area contributed by atoms with Crippen molar-refractivity contribution in [2.75, 3.05) is 0 Å². The summed E-state index contributed by atoms with van der Waals surface area (Å²) in [6.45, 7) is 13.0. The summed E-state index contributed by atoms with van der Waals surface area (Å²) in [7, 11) is -1.91. The SMILES string of the molecule is CCCCCCCCCCCC(=O)O[Si](C)(C)C(C)(C)C. The third-order valence-electron chi connectivity index (χ3n) is 4.66. The van der Waals surface area contributed by atoms with Crippen molar-refractivity contribution in [3.8, 4) is 0 Å². The first-order chi connectivity index (χ1) is 9.70. The highest BCUT2D eigenvalue weighted by molar-refractivity contribution is 6.75. The fraction of sp³-hybridized carbons (Fsp3) is 0.944. The van der Waals surface area contributed by atoms with Gasteiger partial charge < -0.3 is 4.43 Å². The molecule has 0 aromatic carbocycles. The van der Waals surface area contributed by atoms with Gasteiger partial charge >= 0.3 is 0 Å². The molecule has 0 radical (unpaired) electrons. The fourth-order valence-electron chi connectivity index (χ4n) is 2.07. The summed E-state index contributed by atoms with van der Waals surface area (Å²) in [5.41, 5.74) is 0. The van der Waals surface area contributed by atoms with E-state index in [0.29, 0.717) is 6.42 Å². The van der Waals surface area contributed by atoms with Crippen LogP contribution < -0.4 is 0 Å². The van der Waals surface area contributed by atoms with Crippen LogP contribution in [0.1, 0.15) is 91.9 Å². The van der Waals surface area contributed by atoms with Crippen LogP contribution in [-0.2, 0) is 9.22 Å². The topological polar surface area (TPSA) is 26.3 Å². The first-order valence-corrected chi connectivity index (χ1v) is 11.8. The fourth-order valence-corrected chi connectivity index (χ4v) is 3.05. The quantitative estimate of drug-likeness (QED) is 0.323. The molecular formula is C18H38O2Si. The predicted molar refractivity (Wildman–Crippen MR) is 95.1 cm³/mol. The summed E-state index contributed by atoms with van der Waals surface area (Å²) in [5, 5.41) is 0.112. The van der Waals surface area contributed by atoms with Crippen molar-refractivity contribution in [1.29, 1.82) is 0 Å². The molecule has 0 atom stereocenters. The van der Waals surface area contributed by atoms with Gasteiger partial charge in [0.05, 0.1) is 0 Å². The van der Waals surface area contributed by atoms with Gasteiger partial charge in [0.1, 0.15) is 0 Å². The van der Waals surface area contributed by atoms with E-state index in [9.17, 15) is 4.79 Å². The van der Waals surface area contributed by atoms with Crippen molar-refractivity contribution in [3.05, 3.63) is 0 Å². The Labute approximate surface area is 134 Å². The Balaban J connectivity index is 3.59. The second-order valence-corrected chi connectivity index (χ2v) is 12.5. The molecule has 0 saturated heterocycles. The van der Waals surface area contributed by atoms with E-state index in [0.717, 1.165) is 6.42 Å². The molecule has 0 aromatic rings. The molecule has 0 rings (SSSR count). The molecule has 0 spiro atoms. The highest BCUT2D eigenvalue weighted by atomic mass is 28.4. The van der Waals surface area contributed by atoms with E-state index < -0.39 is 8.32 Å². The van der Waals surface area contributed by atoms with Crippen molar-refractivity contribution in [3.63, 3.8) is 0 Å². The molecule has 0 fully saturated rings. The smallest absolute Gasteiger partial charge is 0.292 e. The van der Waals surface area contributed by atoms with E-state index in [1.54, 1.807) is 0 Å². The lowest BCUT2D eigenvalue weighted by molar-refractivity contribution is -0.135. The van der Waals surface area contributed by atoms with Gasteiger partial charge in [-0.2, -0.15) is 0 Å². The first kappa shape index (κ1) is 20.7. The average Bonchev–Trinajstić information content (AvgIpc) is 2.35. The van der Waals surface area contributed by atoms with Crippen molar-refractivity contribution in [2.45, 2.75) is 110 Å². The standard InChI is InChI=1S/C18H38O2Si/c1-7-8-9-10-11-12-13-14-15-16-17(19)20-21(5,6)18(2,3)4/h7-16H2,1-6H3. The lowest BCUT2D eigenvalue weighted by Gasteiger charge is -2.35. The molecule has 21 heavy (non-hydrogen) atoms. The van der Waals surface area contributed by atoms with E-state index in [-0.39, 0.29) is 11.0 Å². The van der Waals surface area contributed by atoms with Crippen molar-refractivity contribution < 1.29 is 9.22 Å². The van der Waals surface area contributed by atoms with Crippen LogP contribution in [0.4, 0.5) is 0 Å². The van der Waals surface area contributed by atoms with Crippen molar-refractivity contribution in [2.24, 2.45) is 0 Å². The Morgan fingerprint density at radius 3 is 1.71 bits per heavy atom. The molecular weight excluding hydrogens is 276 g/mol. The molecule has 0 aliphatic rings. The molecule has 0 bridgehead atoms. The normalized spacial score (nSPS) is 12.5. The third-order valence-corrected chi connectivity index (χ3v) is 9.01. The van der Waals surface area contributed by atoms with Gasteiger partial charge in [0.2, 0.25) is 0 Å². The van der Waals surface area contributed by atoms with Crippen LogP contribution >= 0.6 is 0 Å². The summed E-state index contributed by atoms with van der Waals surface area (Å²) in [5.74, 6) is 0.0181. The zero-order valence-electron chi connectivity index (χ0n) is 15.4. The summed E-state index contributed by atoms with van der Waals surface area (Å²) in [4.78, 5) is 11.9. The average molecular weight is 315 g/mol. The second-order valence-electron chi connectivity index (χ2n) is 7.81. The summed E-state index contributed by atoms with van der Waals surface area (Å²) in [6, 6.07) is 0. The highest BCUT2D eigenvalue weighted by Gasteiger charge is 2.40. The van der Waals surface area contributed by atoms with Gasteiger partial charge in [0, 0.05) is 6.42 Å². The summed E-state index contributed by atoms with van der Waals surface area (Å²) >= 11 is 0. The highest BCUT2D eigenvalue weighted by Crippen LogP contribution is 2.36. The number of carbonyl (C=O) groups excluding carboxylic acids is 1. The molecule has 0 amide bonds. The predicted octanol–water partition coefficient (Wildman–Crippen LogP) is 6.46. The number of hydrogen-bond acceptors (Lipinski definition) is 2. The van der Waals surface area contributed by atoms with Crippen LogP contribution in [0.25, 0.3) is 0 Å². The molecule has 0 N–H and O–H groups in total. The van der Waals surface area contributed by atoms with Gasteiger partial charge in [-0.1, -0.05) is 79.1 Å². The molecule has 0 aromatic heterocycles. The molecule has 3 heteroatoms. The molecule has 0 unspecified atom stereocenters. The molecule has 0 aliphatic heterocycles. The van der Waals surface area contributed by atoms with Crippen LogP contribution in [0.5, 0.6) is 0 Å². The zero-order chi connectivity index (χ0) is 16.4. The van der Waals surface area contributed by atoms with Crippen LogP contribution in [0.15, 0.2) is 0 Å². The molecule has 0 aliphatic carbocycles. The Kier molecular flexibility index (Phi) is 10.3. The van der Waals surface area contributed by atoms with Crippen molar-refractivity contribution >= 4 is 14.3 Å². The maximum absolute atomic E-state index is 11.9. The zero-order valence-corrected chi connectivity index (χ0v) is 16.4. The molecule has 126 valence electrons. The lowest BCUT2D eigenvalue weighted by Crippen LogP contribution is -2.42. The number of rotatable bonds is 11. The van der Waals surface area contributed by atoms with E-state index in [1.807, 2.05) is 0 Å². The Morgan fingerprint density at radius 1 is 0.857 bits per heavy atom. The van der Waals surface area contributed by atoms with E-state index in [4.69, 9.17) is 4.43 Å². The monoisotopic (exact) mass is 314 g/mol. The van der Waals surface area contributed by atoms with Crippen molar-refractivity contribution in [1.82, 2.24) is 0 Å². The maximum Gasteiger partial charge on any atom is 0.292 e. The maximum atomic E-state index is 11.9. The summed E-state index contributed by atoms with van der Waals surface area (Å²) < 4.78 is 5.77. The van der Waals surface area contributed by atoms with Crippen LogP contribution in [-0.4, -0.2) is 14.3 Å². The van der Waals surface area contributed by atoms with E-state index in [2.05, 4.69) is 40.8 Å². The number of unbranched alkanes of at least 4 members (excludes halogenated alkanes) is 8. The van der Waals surface area contributed by atoms with E-state index >= 15 is 0 Å². The Morgan fingerprint density at radius 2 is 1.29 bits per heavy atom. The third kappa shape index (κ3) is 10.1. The number of hydrogen-bond donors (Lipinski definition) is 0. The van der Waals surface area contributed by atoms with Gasteiger partial charge in [-0.3, -0.25) is 4.79 Å². The van der Waals surface area contributed by atoms with Gasteiger partial charge in [0.25, 0.3) is 14.3 Å².